The summed E-state index contributed by atoms with van der Waals surface area (Å²) < 4.78 is 1.77. The Hall–Kier alpha value is -1.72. The van der Waals surface area contributed by atoms with Crippen LogP contribution in [0.15, 0.2) is 24.3 Å². The fourth-order valence-electron chi connectivity index (χ4n) is 2.12. The number of fused-ring (bicyclic) bond motifs is 1. The second kappa shape index (κ2) is 5.00. The lowest BCUT2D eigenvalue weighted by Crippen LogP contribution is -1.97. The van der Waals surface area contributed by atoms with Gasteiger partial charge in [-0.1, -0.05) is 55.0 Å². The quantitative estimate of drug-likeness (QED) is 0.803. The number of hydrogen-bond donors (Lipinski definition) is 1. The van der Waals surface area contributed by atoms with Crippen LogP contribution in [0.25, 0.3) is 16.2 Å². The molecule has 0 radical (unpaired) electrons. The minimum atomic E-state index is -0.0638. The Morgan fingerprint density at radius 1 is 1.25 bits per heavy atom. The summed E-state index contributed by atoms with van der Waals surface area (Å²) in [6.45, 7) is 6.21. The second-order valence-corrected chi connectivity index (χ2v) is 6.21. The highest BCUT2D eigenvalue weighted by atomic mass is 32.1. The molecule has 0 aliphatic rings. The summed E-state index contributed by atoms with van der Waals surface area (Å²) in [6.07, 6.45) is 0. The lowest BCUT2D eigenvalue weighted by atomic mass is 10.1. The monoisotopic (exact) mass is 287 g/mol. The van der Waals surface area contributed by atoms with Crippen molar-refractivity contribution in [2.45, 2.75) is 33.3 Å². The van der Waals surface area contributed by atoms with E-state index < -0.39 is 0 Å². The number of benzene rings is 1. The van der Waals surface area contributed by atoms with Gasteiger partial charge < -0.3 is 5.11 Å². The Bertz CT molecular complexity index is 740. The topological polar surface area (TPSA) is 50.4 Å². The number of aromatic nitrogens is 3. The van der Waals surface area contributed by atoms with E-state index in [4.69, 9.17) is 0 Å². The summed E-state index contributed by atoms with van der Waals surface area (Å²) in [6, 6.07) is 8.17. The molecule has 0 saturated heterocycles. The minimum Gasteiger partial charge on any atom is -0.390 e. The van der Waals surface area contributed by atoms with Crippen molar-refractivity contribution in [1.82, 2.24) is 14.6 Å². The van der Waals surface area contributed by atoms with Gasteiger partial charge in [0.25, 0.3) is 0 Å². The van der Waals surface area contributed by atoms with Gasteiger partial charge in [-0.3, -0.25) is 0 Å². The Morgan fingerprint density at radius 2 is 1.95 bits per heavy atom. The maximum Gasteiger partial charge on any atom is 0.213 e. The zero-order chi connectivity index (χ0) is 14.3. The van der Waals surface area contributed by atoms with Crippen molar-refractivity contribution < 1.29 is 5.11 Å². The van der Waals surface area contributed by atoms with Crippen LogP contribution in [0, 0.1) is 6.92 Å². The zero-order valence-electron chi connectivity index (χ0n) is 11.8. The number of aliphatic hydroxyl groups excluding tert-OH is 1. The molecule has 3 aromatic rings. The van der Waals surface area contributed by atoms with Crippen molar-refractivity contribution in [1.29, 1.82) is 0 Å². The maximum atomic E-state index is 9.67. The normalized spacial score (nSPS) is 11.7. The standard InChI is InChI=1S/C15H17N3OS/c1-9(2)14-17-18-12(8-19)13(16-15(18)20-14)11-6-4-10(3)5-7-11/h4-7,9,19H,8H2,1-3H3. The zero-order valence-corrected chi connectivity index (χ0v) is 12.6. The number of imidazole rings is 1. The van der Waals surface area contributed by atoms with E-state index in [9.17, 15) is 5.11 Å². The van der Waals surface area contributed by atoms with Crippen LogP contribution >= 0.6 is 11.3 Å². The molecule has 0 aliphatic carbocycles. The number of aliphatic hydroxyl groups is 1. The van der Waals surface area contributed by atoms with Crippen LogP contribution in [0.2, 0.25) is 0 Å². The molecule has 4 nitrogen and oxygen atoms in total. The number of aryl methyl sites for hydroxylation is 1. The Morgan fingerprint density at radius 3 is 2.55 bits per heavy atom. The van der Waals surface area contributed by atoms with E-state index in [1.165, 1.54) is 5.56 Å². The molecule has 20 heavy (non-hydrogen) atoms. The SMILES string of the molecule is Cc1ccc(-c2nc3sc(C(C)C)nn3c2CO)cc1. The molecule has 0 fully saturated rings. The molecule has 2 heterocycles. The smallest absolute Gasteiger partial charge is 0.213 e. The molecule has 0 spiro atoms. The average molecular weight is 287 g/mol. The molecule has 3 rings (SSSR count). The third kappa shape index (κ3) is 2.13. The number of nitrogens with zero attached hydrogens (tertiary/aromatic N) is 3. The van der Waals surface area contributed by atoms with E-state index in [2.05, 4.69) is 43.0 Å². The summed E-state index contributed by atoms with van der Waals surface area (Å²) in [4.78, 5) is 5.49. The summed E-state index contributed by atoms with van der Waals surface area (Å²) in [5.74, 6) is 0.371. The van der Waals surface area contributed by atoms with E-state index in [0.29, 0.717) is 5.92 Å². The van der Waals surface area contributed by atoms with Crippen LogP contribution in [0.5, 0.6) is 0 Å². The second-order valence-electron chi connectivity index (χ2n) is 5.22. The Labute approximate surface area is 121 Å². The fraction of sp³-hybridized carbons (Fsp3) is 0.333. The first kappa shape index (κ1) is 13.3. The maximum absolute atomic E-state index is 9.67. The van der Waals surface area contributed by atoms with Crippen molar-refractivity contribution in [3.63, 3.8) is 0 Å². The van der Waals surface area contributed by atoms with Crippen molar-refractivity contribution in [3.8, 4) is 11.3 Å². The van der Waals surface area contributed by atoms with E-state index in [1.54, 1.807) is 15.9 Å². The molecule has 0 saturated carbocycles. The van der Waals surface area contributed by atoms with Gasteiger partial charge in [0.2, 0.25) is 4.96 Å². The highest BCUT2D eigenvalue weighted by molar-refractivity contribution is 7.16. The lowest BCUT2D eigenvalue weighted by Gasteiger charge is -2.02. The van der Waals surface area contributed by atoms with Crippen LogP contribution in [0.4, 0.5) is 0 Å². The molecule has 0 unspecified atom stereocenters. The molecular weight excluding hydrogens is 270 g/mol. The summed E-state index contributed by atoms with van der Waals surface area (Å²) in [5.41, 5.74) is 3.80. The molecule has 104 valence electrons. The Kier molecular flexibility index (Phi) is 3.31. The predicted octanol–water partition coefficient (Wildman–Crippen LogP) is 3.38. The molecule has 0 bridgehead atoms. The third-order valence-corrected chi connectivity index (χ3v) is 4.49. The molecule has 5 heteroatoms. The van der Waals surface area contributed by atoms with Gasteiger partial charge in [0, 0.05) is 11.5 Å². The fourth-order valence-corrected chi connectivity index (χ4v) is 3.04. The Balaban J connectivity index is 2.16. The van der Waals surface area contributed by atoms with Gasteiger partial charge in [-0.15, -0.1) is 0 Å². The van der Waals surface area contributed by atoms with Gasteiger partial charge in [-0.25, -0.2) is 9.50 Å². The van der Waals surface area contributed by atoms with Gasteiger partial charge in [-0.05, 0) is 6.92 Å². The van der Waals surface area contributed by atoms with Crippen LogP contribution in [0.3, 0.4) is 0 Å². The highest BCUT2D eigenvalue weighted by Gasteiger charge is 2.18. The minimum absolute atomic E-state index is 0.0638. The van der Waals surface area contributed by atoms with Gasteiger partial charge in [0.1, 0.15) is 5.01 Å². The molecule has 0 atom stereocenters. The summed E-state index contributed by atoms with van der Waals surface area (Å²) in [7, 11) is 0. The molecule has 2 aromatic heterocycles. The summed E-state index contributed by atoms with van der Waals surface area (Å²) in [5, 5.41) is 15.3. The van der Waals surface area contributed by atoms with Gasteiger partial charge in [0.05, 0.1) is 18.0 Å². The van der Waals surface area contributed by atoms with Crippen molar-refractivity contribution in [3.05, 3.63) is 40.5 Å². The van der Waals surface area contributed by atoms with E-state index in [1.807, 2.05) is 12.1 Å². The van der Waals surface area contributed by atoms with Gasteiger partial charge in [-0.2, -0.15) is 5.10 Å². The molecule has 1 N–H and O–H groups in total. The first-order valence-electron chi connectivity index (χ1n) is 6.66. The average Bonchev–Trinajstić information content (AvgIpc) is 2.96. The first-order chi connectivity index (χ1) is 9.60. The van der Waals surface area contributed by atoms with Crippen LogP contribution in [0.1, 0.15) is 36.0 Å². The molecule has 0 amide bonds. The van der Waals surface area contributed by atoms with Gasteiger partial charge >= 0.3 is 0 Å². The molecule has 0 aliphatic heterocycles. The van der Waals surface area contributed by atoms with E-state index in [-0.39, 0.29) is 6.61 Å². The highest BCUT2D eigenvalue weighted by Crippen LogP contribution is 2.29. The molecular formula is C15H17N3OS. The van der Waals surface area contributed by atoms with E-state index in [0.717, 1.165) is 26.9 Å². The van der Waals surface area contributed by atoms with Crippen LogP contribution in [-0.4, -0.2) is 19.7 Å². The van der Waals surface area contributed by atoms with Crippen LogP contribution in [-0.2, 0) is 6.61 Å². The van der Waals surface area contributed by atoms with Gasteiger partial charge in [0.15, 0.2) is 0 Å². The number of hydrogen-bond acceptors (Lipinski definition) is 4. The third-order valence-electron chi connectivity index (χ3n) is 3.28. The first-order valence-corrected chi connectivity index (χ1v) is 7.48. The number of rotatable bonds is 3. The van der Waals surface area contributed by atoms with Crippen LogP contribution < -0.4 is 0 Å². The summed E-state index contributed by atoms with van der Waals surface area (Å²) >= 11 is 1.58. The molecule has 1 aromatic carbocycles. The lowest BCUT2D eigenvalue weighted by molar-refractivity contribution is 0.275. The van der Waals surface area contributed by atoms with Crippen molar-refractivity contribution in [2.24, 2.45) is 0 Å². The largest absolute Gasteiger partial charge is 0.390 e. The van der Waals surface area contributed by atoms with Crippen molar-refractivity contribution >= 4 is 16.3 Å². The van der Waals surface area contributed by atoms with E-state index >= 15 is 0 Å². The van der Waals surface area contributed by atoms with Crippen molar-refractivity contribution in [2.75, 3.05) is 0 Å². The predicted molar refractivity (Wildman–Crippen MR) is 81.0 cm³/mol.